The van der Waals surface area contributed by atoms with E-state index in [4.69, 9.17) is 4.74 Å². The monoisotopic (exact) mass is 319 g/mol. The van der Waals surface area contributed by atoms with Crippen molar-refractivity contribution in [2.45, 2.75) is 18.6 Å². The highest BCUT2D eigenvalue weighted by Gasteiger charge is 2.51. The van der Waals surface area contributed by atoms with Gasteiger partial charge in [0.15, 0.2) is 0 Å². The Bertz CT molecular complexity index is 612. The Labute approximate surface area is 134 Å². The van der Waals surface area contributed by atoms with E-state index in [1.807, 2.05) is 18.9 Å². The van der Waals surface area contributed by atoms with E-state index < -0.39 is 0 Å². The quantitative estimate of drug-likeness (QED) is 0.757. The maximum atomic E-state index is 12.4. The van der Waals surface area contributed by atoms with E-state index in [9.17, 15) is 9.59 Å². The van der Waals surface area contributed by atoms with Gasteiger partial charge in [-0.3, -0.25) is 19.5 Å². The highest BCUT2D eigenvalue weighted by molar-refractivity contribution is 5.92. The normalized spacial score (nSPS) is 23.4. The first-order valence-corrected chi connectivity index (χ1v) is 7.58. The highest BCUT2D eigenvalue weighted by atomic mass is 16.5. The molecule has 0 bridgehead atoms. The van der Waals surface area contributed by atoms with Gasteiger partial charge in [0.1, 0.15) is 17.3 Å². The van der Waals surface area contributed by atoms with Crippen molar-refractivity contribution in [3.63, 3.8) is 0 Å². The molecule has 0 saturated carbocycles. The van der Waals surface area contributed by atoms with Crippen molar-refractivity contribution in [2.75, 3.05) is 40.3 Å². The largest absolute Gasteiger partial charge is 0.368 e. The van der Waals surface area contributed by atoms with Gasteiger partial charge in [0.2, 0.25) is 5.91 Å². The van der Waals surface area contributed by atoms with E-state index in [2.05, 4.69) is 15.3 Å². The van der Waals surface area contributed by atoms with Crippen LogP contribution < -0.4 is 5.32 Å². The SMILES string of the molecule is CNC(=O)C1COC2(CN(C(=O)c3cnc(C)cn3)C2)CN1C. The Morgan fingerprint density at radius 3 is 2.61 bits per heavy atom. The third-order valence-electron chi connectivity index (χ3n) is 4.41. The number of nitrogens with zero attached hydrogens (tertiary/aromatic N) is 4. The summed E-state index contributed by atoms with van der Waals surface area (Å²) < 4.78 is 5.91. The maximum Gasteiger partial charge on any atom is 0.274 e. The molecule has 124 valence electrons. The predicted octanol–water partition coefficient (Wildman–Crippen LogP) is -0.944. The first-order valence-electron chi connectivity index (χ1n) is 7.58. The third-order valence-corrected chi connectivity index (χ3v) is 4.41. The van der Waals surface area contributed by atoms with E-state index in [0.717, 1.165) is 5.69 Å². The molecule has 0 radical (unpaired) electrons. The number of hydrogen-bond donors (Lipinski definition) is 1. The molecule has 1 aromatic rings. The van der Waals surface area contributed by atoms with E-state index in [0.29, 0.717) is 31.9 Å². The Hall–Kier alpha value is -2.06. The van der Waals surface area contributed by atoms with Gasteiger partial charge >= 0.3 is 0 Å². The average molecular weight is 319 g/mol. The fourth-order valence-corrected chi connectivity index (χ4v) is 3.09. The smallest absolute Gasteiger partial charge is 0.274 e. The zero-order valence-electron chi connectivity index (χ0n) is 13.6. The number of nitrogens with one attached hydrogen (secondary N) is 1. The number of likely N-dealkylation sites (N-methyl/N-ethyl adjacent to an activating group) is 2. The van der Waals surface area contributed by atoms with Gasteiger partial charge in [0.05, 0.1) is 31.6 Å². The minimum absolute atomic E-state index is 0.0514. The predicted molar refractivity (Wildman–Crippen MR) is 81.8 cm³/mol. The number of morpholine rings is 1. The van der Waals surface area contributed by atoms with Crippen molar-refractivity contribution < 1.29 is 14.3 Å². The van der Waals surface area contributed by atoms with Gasteiger partial charge in [0, 0.05) is 19.8 Å². The van der Waals surface area contributed by atoms with Crippen LogP contribution in [0.5, 0.6) is 0 Å². The van der Waals surface area contributed by atoms with Crippen molar-refractivity contribution >= 4 is 11.8 Å². The fraction of sp³-hybridized carbons (Fsp3) is 0.600. The number of amides is 2. The molecule has 1 unspecified atom stereocenters. The molecule has 23 heavy (non-hydrogen) atoms. The molecule has 0 aliphatic carbocycles. The Kier molecular flexibility index (Phi) is 4.03. The standard InChI is InChI=1S/C15H21N5O3/c1-10-4-18-11(5-17-10)14(22)20-8-15(9-20)7-19(3)12(6-23-15)13(21)16-2/h4-5,12H,6-9H2,1-3H3,(H,16,21). The van der Waals surface area contributed by atoms with Crippen LogP contribution in [-0.2, 0) is 9.53 Å². The summed E-state index contributed by atoms with van der Waals surface area (Å²) in [4.78, 5) is 36.0. The van der Waals surface area contributed by atoms with Crippen LogP contribution in [0.2, 0.25) is 0 Å². The number of likely N-dealkylation sites (tertiary alicyclic amines) is 1. The maximum absolute atomic E-state index is 12.4. The lowest BCUT2D eigenvalue weighted by Crippen LogP contribution is -2.73. The Morgan fingerprint density at radius 1 is 1.30 bits per heavy atom. The minimum Gasteiger partial charge on any atom is -0.368 e. The first kappa shape index (κ1) is 15.8. The summed E-state index contributed by atoms with van der Waals surface area (Å²) >= 11 is 0. The molecule has 8 nitrogen and oxygen atoms in total. The summed E-state index contributed by atoms with van der Waals surface area (Å²) in [5.74, 6) is -0.188. The third kappa shape index (κ3) is 2.91. The lowest BCUT2D eigenvalue weighted by molar-refractivity contribution is -0.187. The number of ether oxygens (including phenoxy) is 1. The molecule has 1 aromatic heterocycles. The summed E-state index contributed by atoms with van der Waals surface area (Å²) in [6.07, 6.45) is 3.08. The lowest BCUT2D eigenvalue weighted by atomic mass is 9.90. The van der Waals surface area contributed by atoms with Crippen molar-refractivity contribution in [3.05, 3.63) is 23.8 Å². The van der Waals surface area contributed by atoms with Gasteiger partial charge in [-0.2, -0.15) is 0 Å². The average Bonchev–Trinajstić information content (AvgIpc) is 2.51. The molecular formula is C15H21N5O3. The second-order valence-corrected chi connectivity index (χ2v) is 6.24. The molecule has 2 aliphatic rings. The van der Waals surface area contributed by atoms with Crippen LogP contribution in [0.3, 0.4) is 0 Å². The molecule has 0 aromatic carbocycles. The summed E-state index contributed by atoms with van der Waals surface area (Å²) in [6.45, 7) is 3.80. The van der Waals surface area contributed by atoms with Crippen LogP contribution in [0.15, 0.2) is 12.4 Å². The van der Waals surface area contributed by atoms with Crippen LogP contribution >= 0.6 is 0 Å². The van der Waals surface area contributed by atoms with Crippen LogP contribution in [0.1, 0.15) is 16.2 Å². The van der Waals surface area contributed by atoms with Crippen LogP contribution in [-0.4, -0.2) is 83.6 Å². The van der Waals surface area contributed by atoms with Crippen molar-refractivity contribution in [1.82, 2.24) is 25.1 Å². The molecule has 2 aliphatic heterocycles. The molecule has 2 fully saturated rings. The van der Waals surface area contributed by atoms with E-state index in [1.54, 1.807) is 18.1 Å². The molecule has 3 rings (SSSR count). The second-order valence-electron chi connectivity index (χ2n) is 6.24. The summed E-state index contributed by atoms with van der Waals surface area (Å²) in [5.41, 5.74) is 0.740. The topological polar surface area (TPSA) is 87.7 Å². The van der Waals surface area contributed by atoms with Crippen molar-refractivity contribution in [2.24, 2.45) is 0 Å². The molecule has 1 atom stereocenters. The zero-order chi connectivity index (χ0) is 16.6. The van der Waals surface area contributed by atoms with Gasteiger partial charge in [-0.15, -0.1) is 0 Å². The van der Waals surface area contributed by atoms with Gasteiger partial charge in [0.25, 0.3) is 5.91 Å². The van der Waals surface area contributed by atoms with Crippen molar-refractivity contribution in [1.29, 1.82) is 0 Å². The van der Waals surface area contributed by atoms with Gasteiger partial charge in [-0.25, -0.2) is 4.98 Å². The van der Waals surface area contributed by atoms with Crippen LogP contribution in [0, 0.1) is 6.92 Å². The van der Waals surface area contributed by atoms with Gasteiger partial charge in [-0.05, 0) is 14.0 Å². The number of carbonyl (C=O) groups excluding carboxylic acids is 2. The number of aryl methyl sites for hydroxylation is 1. The second kappa shape index (κ2) is 5.86. The van der Waals surface area contributed by atoms with E-state index >= 15 is 0 Å². The van der Waals surface area contributed by atoms with Crippen LogP contribution in [0.4, 0.5) is 0 Å². The molecule has 1 N–H and O–H groups in total. The number of rotatable bonds is 2. The first-order chi connectivity index (χ1) is 10.9. The minimum atomic E-state index is -0.382. The fourth-order valence-electron chi connectivity index (χ4n) is 3.09. The summed E-state index contributed by atoms with van der Waals surface area (Å²) in [5, 5.41) is 2.64. The highest BCUT2D eigenvalue weighted by Crippen LogP contribution is 2.31. The van der Waals surface area contributed by atoms with Crippen LogP contribution in [0.25, 0.3) is 0 Å². The Morgan fingerprint density at radius 2 is 2.04 bits per heavy atom. The molecule has 2 amide bonds. The van der Waals surface area contributed by atoms with Gasteiger partial charge in [-0.1, -0.05) is 0 Å². The Balaban J connectivity index is 1.59. The molecule has 2 saturated heterocycles. The van der Waals surface area contributed by atoms with E-state index in [-0.39, 0.29) is 23.5 Å². The van der Waals surface area contributed by atoms with E-state index in [1.165, 1.54) is 6.20 Å². The molecule has 1 spiro atoms. The molecule has 8 heteroatoms. The summed E-state index contributed by atoms with van der Waals surface area (Å²) in [7, 11) is 3.52. The van der Waals surface area contributed by atoms with Gasteiger partial charge < -0.3 is 15.0 Å². The number of hydrogen-bond acceptors (Lipinski definition) is 6. The zero-order valence-corrected chi connectivity index (χ0v) is 13.6. The van der Waals surface area contributed by atoms with Crippen molar-refractivity contribution in [3.8, 4) is 0 Å². The lowest BCUT2D eigenvalue weighted by Gasteiger charge is -2.54. The number of aromatic nitrogens is 2. The summed E-state index contributed by atoms with van der Waals surface area (Å²) in [6, 6.07) is -0.279. The number of carbonyl (C=O) groups is 2. The molecular weight excluding hydrogens is 298 g/mol. The molecule has 3 heterocycles.